The maximum Gasteiger partial charge on any atom is 0.162 e. The van der Waals surface area contributed by atoms with Crippen LogP contribution in [0.5, 0.6) is 11.5 Å². The first-order valence-corrected chi connectivity index (χ1v) is 7.11. The molecule has 112 valence electrons. The van der Waals surface area contributed by atoms with Gasteiger partial charge in [0.1, 0.15) is 0 Å². The fourth-order valence-electron chi connectivity index (χ4n) is 2.68. The number of ether oxygens (including phenoxy) is 2. The molecule has 1 atom stereocenters. The molecule has 5 nitrogen and oxygen atoms in total. The zero-order valence-corrected chi connectivity index (χ0v) is 12.6. The van der Waals surface area contributed by atoms with Crippen LogP contribution in [0.15, 0.2) is 12.1 Å². The number of hydrogen-bond acceptors (Lipinski definition) is 5. The van der Waals surface area contributed by atoms with Crippen LogP contribution in [0.25, 0.3) is 0 Å². The number of rotatable bonds is 5. The van der Waals surface area contributed by atoms with Crippen LogP contribution < -0.4 is 20.5 Å². The fraction of sp³-hybridized carbons (Fsp3) is 0.600. The van der Waals surface area contributed by atoms with Crippen molar-refractivity contribution in [2.75, 3.05) is 45.4 Å². The van der Waals surface area contributed by atoms with E-state index in [1.54, 1.807) is 20.3 Å². The highest BCUT2D eigenvalue weighted by atomic mass is 16.5. The van der Waals surface area contributed by atoms with Crippen molar-refractivity contribution in [2.24, 2.45) is 0 Å². The van der Waals surface area contributed by atoms with Crippen molar-refractivity contribution in [2.45, 2.75) is 25.3 Å². The molecule has 0 amide bonds. The van der Waals surface area contributed by atoms with E-state index in [0.717, 1.165) is 12.2 Å². The summed E-state index contributed by atoms with van der Waals surface area (Å²) in [4.78, 5) is 2.41. The molecule has 1 saturated heterocycles. The lowest BCUT2D eigenvalue weighted by Gasteiger charge is -2.32. The van der Waals surface area contributed by atoms with Gasteiger partial charge in [-0.3, -0.25) is 0 Å². The third kappa shape index (κ3) is 3.28. The van der Waals surface area contributed by atoms with E-state index >= 15 is 0 Å². The molecule has 1 fully saturated rings. The van der Waals surface area contributed by atoms with Crippen LogP contribution in [0.2, 0.25) is 0 Å². The van der Waals surface area contributed by atoms with E-state index < -0.39 is 0 Å². The van der Waals surface area contributed by atoms with Gasteiger partial charge in [0.2, 0.25) is 0 Å². The molecular weight excluding hydrogens is 254 g/mol. The van der Waals surface area contributed by atoms with Crippen molar-refractivity contribution in [3.63, 3.8) is 0 Å². The van der Waals surface area contributed by atoms with Crippen LogP contribution in [0.4, 0.5) is 11.4 Å². The number of piperidine rings is 1. The van der Waals surface area contributed by atoms with Gasteiger partial charge in [0.05, 0.1) is 25.6 Å². The molecule has 0 spiro atoms. The second-order valence-corrected chi connectivity index (χ2v) is 5.31. The average Bonchev–Trinajstić information content (AvgIpc) is 2.47. The van der Waals surface area contributed by atoms with Crippen molar-refractivity contribution in [1.82, 2.24) is 4.90 Å². The van der Waals surface area contributed by atoms with Gasteiger partial charge in [0, 0.05) is 24.7 Å². The zero-order chi connectivity index (χ0) is 14.5. The molecule has 2 rings (SSSR count). The minimum atomic E-state index is 0.566. The summed E-state index contributed by atoms with van der Waals surface area (Å²) in [5.41, 5.74) is 7.65. The molecule has 1 aliphatic rings. The second-order valence-electron chi connectivity index (χ2n) is 5.31. The summed E-state index contributed by atoms with van der Waals surface area (Å²) in [5, 5.41) is 3.44. The maximum atomic E-state index is 6.06. The Kier molecular flexibility index (Phi) is 4.95. The first-order chi connectivity index (χ1) is 9.65. The van der Waals surface area contributed by atoms with Gasteiger partial charge in [0.15, 0.2) is 11.5 Å². The monoisotopic (exact) mass is 279 g/mol. The largest absolute Gasteiger partial charge is 0.493 e. The Labute approximate surface area is 121 Å². The van der Waals surface area contributed by atoms with E-state index in [2.05, 4.69) is 17.3 Å². The van der Waals surface area contributed by atoms with Gasteiger partial charge in [-0.05, 0) is 26.4 Å². The number of likely N-dealkylation sites (tertiary alicyclic amines) is 1. The summed E-state index contributed by atoms with van der Waals surface area (Å²) < 4.78 is 10.6. The maximum absolute atomic E-state index is 6.06. The molecule has 0 bridgehead atoms. The number of nitrogens with two attached hydrogens (primary N) is 1. The molecule has 1 unspecified atom stereocenters. The van der Waals surface area contributed by atoms with Crippen LogP contribution in [0.1, 0.15) is 19.3 Å². The molecule has 1 aliphatic heterocycles. The summed E-state index contributed by atoms with van der Waals surface area (Å²) in [6.45, 7) is 2.07. The molecule has 1 heterocycles. The van der Waals surface area contributed by atoms with Crippen molar-refractivity contribution < 1.29 is 9.47 Å². The standard InChI is InChI=1S/C15H25N3O2/c1-18-7-5-4-6-11(18)10-17-13-9-15(20-3)14(19-2)8-12(13)16/h8-9,11,17H,4-7,10,16H2,1-3H3. The first-order valence-electron chi connectivity index (χ1n) is 7.11. The second kappa shape index (κ2) is 6.70. The Balaban J connectivity index is 2.05. The van der Waals surface area contributed by atoms with Gasteiger partial charge in [-0.1, -0.05) is 6.42 Å². The van der Waals surface area contributed by atoms with E-state index in [1.165, 1.54) is 25.8 Å². The van der Waals surface area contributed by atoms with Crippen molar-refractivity contribution in [3.8, 4) is 11.5 Å². The van der Waals surface area contributed by atoms with E-state index in [0.29, 0.717) is 23.2 Å². The molecule has 5 heteroatoms. The van der Waals surface area contributed by atoms with Crippen LogP contribution >= 0.6 is 0 Å². The van der Waals surface area contributed by atoms with Crippen LogP contribution in [-0.4, -0.2) is 45.3 Å². The quantitative estimate of drug-likeness (QED) is 0.809. The summed E-state index contributed by atoms with van der Waals surface area (Å²) in [5.74, 6) is 1.35. The predicted molar refractivity (Wildman–Crippen MR) is 82.7 cm³/mol. The minimum Gasteiger partial charge on any atom is -0.493 e. The normalized spacial score (nSPS) is 19.6. The number of anilines is 2. The highest BCUT2D eigenvalue weighted by Crippen LogP contribution is 2.34. The molecule has 0 saturated carbocycles. The van der Waals surface area contributed by atoms with Crippen LogP contribution in [0.3, 0.4) is 0 Å². The van der Waals surface area contributed by atoms with Gasteiger partial charge >= 0.3 is 0 Å². The molecule has 1 aromatic rings. The number of likely N-dealkylation sites (N-methyl/N-ethyl adjacent to an activating group) is 1. The molecular formula is C15H25N3O2. The third-order valence-electron chi connectivity index (χ3n) is 4.01. The molecule has 0 aromatic heterocycles. The van der Waals surface area contributed by atoms with Crippen LogP contribution in [-0.2, 0) is 0 Å². The highest BCUT2D eigenvalue weighted by molar-refractivity contribution is 5.72. The van der Waals surface area contributed by atoms with Crippen molar-refractivity contribution in [3.05, 3.63) is 12.1 Å². The first kappa shape index (κ1) is 14.8. The van der Waals surface area contributed by atoms with Gasteiger partial charge in [-0.2, -0.15) is 0 Å². The molecule has 3 N–H and O–H groups in total. The van der Waals surface area contributed by atoms with E-state index in [1.807, 2.05) is 6.07 Å². The number of benzene rings is 1. The van der Waals surface area contributed by atoms with Crippen molar-refractivity contribution in [1.29, 1.82) is 0 Å². The van der Waals surface area contributed by atoms with Gasteiger partial charge < -0.3 is 25.4 Å². The Bertz CT molecular complexity index is 451. The zero-order valence-electron chi connectivity index (χ0n) is 12.6. The Hall–Kier alpha value is -1.62. The summed E-state index contributed by atoms with van der Waals surface area (Å²) in [6.07, 6.45) is 3.83. The molecule has 0 radical (unpaired) electrons. The Morgan fingerprint density at radius 2 is 1.95 bits per heavy atom. The van der Waals surface area contributed by atoms with Crippen LogP contribution in [0, 0.1) is 0 Å². The number of nitrogen functional groups attached to an aromatic ring is 1. The SMILES string of the molecule is COc1cc(N)c(NCC2CCCCN2C)cc1OC. The summed E-state index contributed by atoms with van der Waals surface area (Å²) in [6, 6.07) is 4.26. The number of nitrogens with zero attached hydrogens (tertiary/aromatic N) is 1. The van der Waals surface area contributed by atoms with E-state index in [-0.39, 0.29) is 0 Å². The summed E-state index contributed by atoms with van der Waals surface area (Å²) in [7, 11) is 5.43. The third-order valence-corrected chi connectivity index (χ3v) is 4.01. The van der Waals surface area contributed by atoms with Gasteiger partial charge in [0.25, 0.3) is 0 Å². The van der Waals surface area contributed by atoms with E-state index in [4.69, 9.17) is 15.2 Å². The fourth-order valence-corrected chi connectivity index (χ4v) is 2.68. The molecule has 0 aliphatic carbocycles. The lowest BCUT2D eigenvalue weighted by molar-refractivity contribution is 0.194. The Morgan fingerprint density at radius 1 is 1.25 bits per heavy atom. The predicted octanol–water partition coefficient (Wildman–Crippen LogP) is 2.18. The lowest BCUT2D eigenvalue weighted by Crippen LogP contribution is -2.40. The number of nitrogens with one attached hydrogen (secondary N) is 1. The average molecular weight is 279 g/mol. The molecule has 20 heavy (non-hydrogen) atoms. The number of methoxy groups -OCH3 is 2. The summed E-state index contributed by atoms with van der Waals surface area (Å²) >= 11 is 0. The number of hydrogen-bond donors (Lipinski definition) is 2. The lowest BCUT2D eigenvalue weighted by atomic mass is 10.0. The van der Waals surface area contributed by atoms with Crippen molar-refractivity contribution >= 4 is 11.4 Å². The van der Waals surface area contributed by atoms with E-state index in [9.17, 15) is 0 Å². The van der Waals surface area contributed by atoms with Gasteiger partial charge in [-0.25, -0.2) is 0 Å². The highest BCUT2D eigenvalue weighted by Gasteiger charge is 2.19. The molecule has 1 aromatic carbocycles. The minimum absolute atomic E-state index is 0.566. The smallest absolute Gasteiger partial charge is 0.162 e. The Morgan fingerprint density at radius 3 is 2.60 bits per heavy atom. The topological polar surface area (TPSA) is 59.8 Å². The van der Waals surface area contributed by atoms with Gasteiger partial charge in [-0.15, -0.1) is 0 Å².